The van der Waals surface area contributed by atoms with Crippen LogP contribution in [0.1, 0.15) is 50.7 Å². The van der Waals surface area contributed by atoms with Gasteiger partial charge in [-0.15, -0.1) is 0 Å². The quantitative estimate of drug-likeness (QED) is 0.392. The number of aromatic carboxylic acids is 1. The molecule has 0 fully saturated rings. The second-order valence-electron chi connectivity index (χ2n) is 7.51. The molecule has 32 heavy (non-hydrogen) atoms. The number of fused-ring (bicyclic) bond motifs is 1. The summed E-state index contributed by atoms with van der Waals surface area (Å²) in [6, 6.07) is 19.0. The largest absolute Gasteiger partial charge is 0.478 e. The lowest BCUT2D eigenvalue weighted by Crippen LogP contribution is -2.26. The van der Waals surface area contributed by atoms with Crippen LogP contribution in [0.4, 0.5) is 0 Å². The topological polar surface area (TPSA) is 92.4 Å². The Labute approximate surface area is 189 Å². The first-order chi connectivity index (χ1) is 15.4. The number of carboxylic acids is 1. The molecule has 4 rings (SSSR count). The highest BCUT2D eigenvalue weighted by Crippen LogP contribution is 2.22. The first kappa shape index (κ1) is 21.6. The number of halogens is 1. The molecule has 0 saturated carbocycles. The van der Waals surface area contributed by atoms with Gasteiger partial charge in [-0.1, -0.05) is 41.9 Å². The number of benzene rings is 3. The zero-order valence-corrected chi connectivity index (χ0v) is 18.1. The zero-order chi connectivity index (χ0) is 22.7. The third kappa shape index (κ3) is 4.81. The Morgan fingerprint density at radius 2 is 1.75 bits per heavy atom. The summed E-state index contributed by atoms with van der Waals surface area (Å²) in [6.45, 7) is 1.84. The molecule has 0 aliphatic rings. The fourth-order valence-corrected chi connectivity index (χ4v) is 3.59. The van der Waals surface area contributed by atoms with E-state index in [0.29, 0.717) is 34.0 Å². The lowest BCUT2D eigenvalue weighted by Gasteiger charge is -2.14. The van der Waals surface area contributed by atoms with E-state index in [1.807, 2.05) is 31.2 Å². The van der Waals surface area contributed by atoms with Crippen molar-refractivity contribution in [3.63, 3.8) is 0 Å². The third-order valence-electron chi connectivity index (χ3n) is 5.25. The number of hydrogen-bond acceptors (Lipinski definition) is 4. The first-order valence-electron chi connectivity index (χ1n) is 10.2. The average molecular weight is 449 g/mol. The second kappa shape index (κ2) is 9.24. The Hall–Kier alpha value is -3.64. The van der Waals surface area contributed by atoms with E-state index in [9.17, 15) is 9.59 Å². The Morgan fingerprint density at radius 3 is 2.44 bits per heavy atom. The minimum absolute atomic E-state index is 0.200. The molecule has 0 aliphatic carbocycles. The molecule has 1 heterocycles. The monoisotopic (exact) mass is 448 g/mol. The summed E-state index contributed by atoms with van der Waals surface area (Å²) in [4.78, 5) is 28.5. The summed E-state index contributed by atoms with van der Waals surface area (Å²) in [7, 11) is 0. The molecular weight excluding hydrogens is 428 g/mol. The van der Waals surface area contributed by atoms with Gasteiger partial charge in [0.05, 0.1) is 17.2 Å². The van der Waals surface area contributed by atoms with Crippen LogP contribution in [-0.4, -0.2) is 22.0 Å². The molecule has 0 unspecified atom stereocenters. The van der Waals surface area contributed by atoms with Gasteiger partial charge in [-0.3, -0.25) is 4.79 Å². The maximum atomic E-state index is 12.9. The van der Waals surface area contributed by atoms with Crippen molar-refractivity contribution in [2.45, 2.75) is 25.8 Å². The van der Waals surface area contributed by atoms with Crippen molar-refractivity contribution in [2.75, 3.05) is 0 Å². The molecule has 0 bridgehead atoms. The van der Waals surface area contributed by atoms with E-state index in [2.05, 4.69) is 10.3 Å². The minimum atomic E-state index is -0.988. The molecule has 0 aliphatic heterocycles. The van der Waals surface area contributed by atoms with Crippen LogP contribution in [0.5, 0.6) is 0 Å². The van der Waals surface area contributed by atoms with Crippen molar-refractivity contribution >= 4 is 34.6 Å². The number of nitrogens with one attached hydrogen (secondary N) is 1. The second-order valence-corrected chi connectivity index (χ2v) is 7.95. The average Bonchev–Trinajstić information content (AvgIpc) is 3.22. The number of carbonyl (C=O) groups is 2. The van der Waals surface area contributed by atoms with E-state index >= 15 is 0 Å². The summed E-state index contributed by atoms with van der Waals surface area (Å²) < 4.78 is 5.86. The van der Waals surface area contributed by atoms with Gasteiger partial charge in [0.1, 0.15) is 5.52 Å². The normalized spacial score (nSPS) is 11.9. The summed E-state index contributed by atoms with van der Waals surface area (Å²) in [6.07, 6.45) is 1.35. The highest BCUT2D eigenvalue weighted by atomic mass is 35.5. The molecule has 3 aromatic carbocycles. The van der Waals surface area contributed by atoms with Gasteiger partial charge in [0.2, 0.25) is 0 Å². The summed E-state index contributed by atoms with van der Waals surface area (Å²) in [5, 5.41) is 12.7. The van der Waals surface area contributed by atoms with Crippen LogP contribution in [0.3, 0.4) is 0 Å². The van der Waals surface area contributed by atoms with E-state index in [1.54, 1.807) is 30.3 Å². The van der Waals surface area contributed by atoms with E-state index in [1.165, 1.54) is 12.1 Å². The standard InChI is InChI=1S/C25H21ClN2O4/c1-15(17-8-10-18(11-9-17)25(30)31)27-24(29)20-3-2-4-21-23(20)28-22(32-21)14-7-16-5-12-19(26)13-6-16/h2-6,8-13,15H,7,14H2,1H3,(H,27,29)(H,30,31)/t15-/m0/s1. The number of amides is 1. The van der Waals surface area contributed by atoms with Crippen molar-refractivity contribution < 1.29 is 19.1 Å². The van der Waals surface area contributed by atoms with Crippen molar-refractivity contribution in [1.82, 2.24) is 10.3 Å². The molecule has 7 heteroatoms. The predicted octanol–water partition coefficient (Wildman–Crippen LogP) is 5.46. The van der Waals surface area contributed by atoms with E-state index in [-0.39, 0.29) is 17.5 Å². The predicted molar refractivity (Wildman–Crippen MR) is 122 cm³/mol. The van der Waals surface area contributed by atoms with Crippen molar-refractivity contribution in [2.24, 2.45) is 0 Å². The molecule has 1 amide bonds. The number of carboxylic acid groups (broad SMARTS) is 1. The van der Waals surface area contributed by atoms with Gasteiger partial charge in [-0.25, -0.2) is 9.78 Å². The third-order valence-corrected chi connectivity index (χ3v) is 5.51. The molecule has 0 spiro atoms. The van der Waals surface area contributed by atoms with Crippen LogP contribution < -0.4 is 5.32 Å². The Bertz CT molecular complexity index is 1260. The summed E-state index contributed by atoms with van der Waals surface area (Å²) in [5.74, 6) is -0.701. The lowest BCUT2D eigenvalue weighted by molar-refractivity contribution is 0.0696. The number of rotatable bonds is 7. The SMILES string of the molecule is C[C@H](NC(=O)c1cccc2oc(CCc3ccc(Cl)cc3)nc12)c1ccc(C(=O)O)cc1. The van der Waals surface area contributed by atoms with Crippen molar-refractivity contribution in [3.05, 3.63) is 99.9 Å². The summed E-state index contributed by atoms with van der Waals surface area (Å²) >= 11 is 5.93. The van der Waals surface area contributed by atoms with Gasteiger partial charge in [0.15, 0.2) is 11.5 Å². The molecule has 4 aromatic rings. The zero-order valence-electron chi connectivity index (χ0n) is 17.3. The van der Waals surface area contributed by atoms with E-state index in [0.717, 1.165) is 17.5 Å². The fraction of sp³-hybridized carbons (Fsp3) is 0.160. The smallest absolute Gasteiger partial charge is 0.335 e. The number of para-hydroxylation sites is 1. The molecule has 2 N–H and O–H groups in total. The highest BCUT2D eigenvalue weighted by molar-refractivity contribution is 6.30. The van der Waals surface area contributed by atoms with E-state index in [4.69, 9.17) is 21.1 Å². The van der Waals surface area contributed by atoms with Crippen LogP contribution in [0, 0.1) is 0 Å². The van der Waals surface area contributed by atoms with Gasteiger partial charge in [0, 0.05) is 11.4 Å². The molecular formula is C25H21ClN2O4. The Kier molecular flexibility index (Phi) is 6.23. The van der Waals surface area contributed by atoms with Crippen LogP contribution in [-0.2, 0) is 12.8 Å². The Balaban J connectivity index is 1.48. The minimum Gasteiger partial charge on any atom is -0.478 e. The van der Waals surface area contributed by atoms with Crippen molar-refractivity contribution in [1.29, 1.82) is 0 Å². The number of carbonyl (C=O) groups excluding carboxylic acids is 1. The maximum Gasteiger partial charge on any atom is 0.335 e. The number of oxazole rings is 1. The van der Waals surface area contributed by atoms with Gasteiger partial charge in [-0.2, -0.15) is 0 Å². The number of nitrogens with zero attached hydrogens (tertiary/aromatic N) is 1. The molecule has 0 saturated heterocycles. The molecule has 0 radical (unpaired) electrons. The van der Waals surface area contributed by atoms with Crippen molar-refractivity contribution in [3.8, 4) is 0 Å². The number of aryl methyl sites for hydroxylation is 2. The molecule has 1 aromatic heterocycles. The molecule has 162 valence electrons. The van der Waals surface area contributed by atoms with Crippen LogP contribution >= 0.6 is 11.6 Å². The van der Waals surface area contributed by atoms with E-state index < -0.39 is 5.97 Å². The van der Waals surface area contributed by atoms with Gasteiger partial charge < -0.3 is 14.8 Å². The number of aromatic nitrogens is 1. The number of hydrogen-bond donors (Lipinski definition) is 2. The maximum absolute atomic E-state index is 12.9. The van der Waals surface area contributed by atoms with Gasteiger partial charge in [0.25, 0.3) is 5.91 Å². The van der Waals surface area contributed by atoms with Crippen LogP contribution in [0.25, 0.3) is 11.1 Å². The fourth-order valence-electron chi connectivity index (χ4n) is 3.46. The van der Waals surface area contributed by atoms with Gasteiger partial charge >= 0.3 is 5.97 Å². The lowest BCUT2D eigenvalue weighted by atomic mass is 10.1. The molecule has 1 atom stereocenters. The van der Waals surface area contributed by atoms with Crippen LogP contribution in [0.15, 0.2) is 71.1 Å². The summed E-state index contributed by atoms with van der Waals surface area (Å²) in [5.41, 5.74) is 3.63. The Morgan fingerprint density at radius 1 is 1.03 bits per heavy atom. The van der Waals surface area contributed by atoms with Gasteiger partial charge in [-0.05, 0) is 60.9 Å². The van der Waals surface area contributed by atoms with Crippen LogP contribution in [0.2, 0.25) is 5.02 Å². The first-order valence-corrected chi connectivity index (χ1v) is 10.6. The highest BCUT2D eigenvalue weighted by Gasteiger charge is 2.18. The molecule has 6 nitrogen and oxygen atoms in total.